The zero-order chi connectivity index (χ0) is 29.1. The number of carbonyl (C=O) groups excluding carboxylic acids is 1. The highest BCUT2D eigenvalue weighted by Gasteiger charge is 2.36. The molecule has 42 heavy (non-hydrogen) atoms. The van der Waals surface area contributed by atoms with E-state index in [1.54, 1.807) is 60.7 Å². The summed E-state index contributed by atoms with van der Waals surface area (Å²) in [6.07, 6.45) is 1.27. The molecule has 0 radical (unpaired) electrons. The molecule has 0 atom stereocenters. The Kier molecular flexibility index (Phi) is 7.60. The van der Waals surface area contributed by atoms with Crippen molar-refractivity contribution in [2.45, 2.75) is 16.6 Å². The fourth-order valence-electron chi connectivity index (χ4n) is 4.43. The van der Waals surface area contributed by atoms with E-state index in [0.29, 0.717) is 34.0 Å². The Morgan fingerprint density at radius 1 is 0.881 bits per heavy atom. The monoisotopic (exact) mass is 598 g/mol. The SMILES string of the molecule is O=C(CSc1ncc2c(n1)-c1ccccc1N(Cc1ccc(F)cc1)S2(=O)=O)Nc1ccc(Oc2ccccc2)cc1. The van der Waals surface area contributed by atoms with Crippen LogP contribution in [0, 0.1) is 5.82 Å². The number of hydrogen-bond acceptors (Lipinski definition) is 7. The van der Waals surface area contributed by atoms with Crippen LogP contribution in [0.1, 0.15) is 5.56 Å². The summed E-state index contributed by atoms with van der Waals surface area (Å²) in [5, 5.41) is 3.10. The first kappa shape index (κ1) is 27.4. The molecule has 0 spiro atoms. The Morgan fingerprint density at radius 2 is 1.57 bits per heavy atom. The zero-order valence-corrected chi connectivity index (χ0v) is 23.6. The molecule has 1 N–H and O–H groups in total. The van der Waals surface area contributed by atoms with Crippen molar-refractivity contribution in [3.05, 3.63) is 121 Å². The van der Waals surface area contributed by atoms with Crippen LogP contribution >= 0.6 is 11.8 Å². The van der Waals surface area contributed by atoms with E-state index in [4.69, 9.17) is 4.74 Å². The summed E-state index contributed by atoms with van der Waals surface area (Å²) in [6.45, 7) is 0.0229. The summed E-state index contributed by atoms with van der Waals surface area (Å²) in [5.41, 5.74) is 2.59. The van der Waals surface area contributed by atoms with Crippen LogP contribution in [0.5, 0.6) is 11.5 Å². The Labute approximate surface area is 246 Å². The Bertz CT molecular complexity index is 1850. The number of rotatable bonds is 8. The maximum Gasteiger partial charge on any atom is 0.268 e. The largest absolute Gasteiger partial charge is 0.457 e. The molecule has 11 heteroatoms. The summed E-state index contributed by atoms with van der Waals surface area (Å²) in [6, 6.07) is 29.2. The van der Waals surface area contributed by atoms with Crippen molar-refractivity contribution in [1.82, 2.24) is 9.97 Å². The number of ether oxygens (including phenoxy) is 1. The quantitative estimate of drug-likeness (QED) is 0.160. The van der Waals surface area contributed by atoms with Crippen molar-refractivity contribution in [3.63, 3.8) is 0 Å². The van der Waals surface area contributed by atoms with E-state index in [0.717, 1.165) is 11.8 Å². The molecular formula is C31H23FN4O4S2. The number of aromatic nitrogens is 2. The lowest BCUT2D eigenvalue weighted by Crippen LogP contribution is -2.34. The van der Waals surface area contributed by atoms with E-state index in [2.05, 4.69) is 15.3 Å². The molecule has 6 rings (SSSR count). The maximum absolute atomic E-state index is 13.6. The Hall–Kier alpha value is -4.74. The Morgan fingerprint density at radius 3 is 2.33 bits per heavy atom. The first-order chi connectivity index (χ1) is 20.4. The third-order valence-electron chi connectivity index (χ3n) is 6.42. The molecule has 5 aromatic rings. The van der Waals surface area contributed by atoms with Gasteiger partial charge in [-0.05, 0) is 60.2 Å². The van der Waals surface area contributed by atoms with Gasteiger partial charge < -0.3 is 10.1 Å². The number of anilines is 2. The van der Waals surface area contributed by atoms with Crippen molar-refractivity contribution >= 4 is 39.1 Å². The topological polar surface area (TPSA) is 101 Å². The van der Waals surface area contributed by atoms with E-state index in [-0.39, 0.29) is 34.0 Å². The third-order valence-corrected chi connectivity index (χ3v) is 9.04. The van der Waals surface area contributed by atoms with Crippen LogP contribution in [0.25, 0.3) is 11.3 Å². The molecule has 0 bridgehead atoms. The lowest BCUT2D eigenvalue weighted by atomic mass is 10.1. The van der Waals surface area contributed by atoms with Gasteiger partial charge in [0.05, 0.1) is 29.9 Å². The van der Waals surface area contributed by atoms with Crippen molar-refractivity contribution in [2.24, 2.45) is 0 Å². The molecule has 0 saturated carbocycles. The summed E-state index contributed by atoms with van der Waals surface area (Å²) < 4.78 is 47.7. The summed E-state index contributed by atoms with van der Waals surface area (Å²) in [4.78, 5) is 21.4. The van der Waals surface area contributed by atoms with E-state index in [9.17, 15) is 17.6 Å². The van der Waals surface area contributed by atoms with E-state index in [1.165, 1.54) is 22.6 Å². The average molecular weight is 599 g/mol. The van der Waals surface area contributed by atoms with Gasteiger partial charge in [-0.1, -0.05) is 60.3 Å². The van der Waals surface area contributed by atoms with E-state index < -0.39 is 15.8 Å². The van der Waals surface area contributed by atoms with Crippen molar-refractivity contribution in [2.75, 3.05) is 15.4 Å². The number of carbonyl (C=O) groups is 1. The molecule has 0 aliphatic carbocycles. The number of nitrogens with one attached hydrogen (secondary N) is 1. The molecule has 1 amide bonds. The standard InChI is InChI=1S/C31H23FN4O4S2/c32-22-12-10-21(11-13-22)19-36-27-9-5-4-8-26(27)30-28(42(36,38)39)18-33-31(35-30)41-20-29(37)34-23-14-16-25(17-15-23)40-24-6-2-1-3-7-24/h1-18H,19-20H2,(H,34,37). The minimum atomic E-state index is -4.00. The lowest BCUT2D eigenvalue weighted by molar-refractivity contribution is -0.113. The van der Waals surface area contributed by atoms with Gasteiger partial charge in [-0.25, -0.2) is 22.8 Å². The number of benzene rings is 4. The van der Waals surface area contributed by atoms with Gasteiger partial charge in [0.2, 0.25) is 5.91 Å². The molecule has 8 nitrogen and oxygen atoms in total. The number of halogens is 1. The third kappa shape index (κ3) is 5.83. The fourth-order valence-corrected chi connectivity index (χ4v) is 6.61. The smallest absolute Gasteiger partial charge is 0.268 e. The Balaban J connectivity index is 1.15. The molecule has 0 unspecified atom stereocenters. The molecule has 0 fully saturated rings. The number of sulfonamides is 1. The van der Waals surface area contributed by atoms with Crippen LogP contribution in [-0.4, -0.2) is 30.0 Å². The molecule has 2 heterocycles. The average Bonchev–Trinajstić information content (AvgIpc) is 3.00. The molecule has 1 aliphatic rings. The number of fused-ring (bicyclic) bond motifs is 3. The van der Waals surface area contributed by atoms with Crippen LogP contribution in [0.3, 0.4) is 0 Å². The highest BCUT2D eigenvalue weighted by atomic mass is 32.2. The highest BCUT2D eigenvalue weighted by Crippen LogP contribution is 2.42. The number of hydrogen-bond donors (Lipinski definition) is 1. The molecule has 4 aromatic carbocycles. The van der Waals surface area contributed by atoms with Crippen LogP contribution < -0.4 is 14.4 Å². The van der Waals surface area contributed by atoms with Gasteiger partial charge in [0, 0.05) is 11.3 Å². The second kappa shape index (κ2) is 11.6. The highest BCUT2D eigenvalue weighted by molar-refractivity contribution is 7.99. The first-order valence-electron chi connectivity index (χ1n) is 12.9. The molecule has 1 aromatic heterocycles. The van der Waals surface area contributed by atoms with Gasteiger partial charge >= 0.3 is 0 Å². The van der Waals surface area contributed by atoms with Crippen LogP contribution in [0.4, 0.5) is 15.8 Å². The van der Waals surface area contributed by atoms with Crippen molar-refractivity contribution in [3.8, 4) is 22.8 Å². The lowest BCUT2D eigenvalue weighted by Gasteiger charge is -2.31. The second-order valence-corrected chi connectivity index (χ2v) is 12.1. The van der Waals surface area contributed by atoms with Crippen LogP contribution in [-0.2, 0) is 21.4 Å². The molecular weight excluding hydrogens is 575 g/mol. The van der Waals surface area contributed by atoms with Crippen molar-refractivity contribution < 1.29 is 22.3 Å². The second-order valence-electron chi connectivity index (χ2n) is 9.30. The van der Waals surface area contributed by atoms with Crippen LogP contribution in [0.2, 0.25) is 0 Å². The zero-order valence-electron chi connectivity index (χ0n) is 22.0. The summed E-state index contributed by atoms with van der Waals surface area (Å²) in [7, 11) is -4.00. The summed E-state index contributed by atoms with van der Waals surface area (Å²) >= 11 is 1.10. The predicted octanol–water partition coefficient (Wildman–Crippen LogP) is 6.51. The minimum absolute atomic E-state index is 0.0200. The van der Waals surface area contributed by atoms with E-state index in [1.807, 2.05) is 30.3 Å². The van der Waals surface area contributed by atoms with Crippen LogP contribution in [0.15, 0.2) is 119 Å². The summed E-state index contributed by atoms with van der Waals surface area (Å²) in [5.74, 6) is 0.710. The number of para-hydroxylation sites is 2. The number of amides is 1. The number of nitrogens with zero attached hydrogens (tertiary/aromatic N) is 3. The number of thioether (sulfide) groups is 1. The minimum Gasteiger partial charge on any atom is -0.457 e. The maximum atomic E-state index is 13.6. The first-order valence-corrected chi connectivity index (χ1v) is 15.3. The van der Waals surface area contributed by atoms with Gasteiger partial charge in [-0.2, -0.15) is 0 Å². The molecule has 0 saturated heterocycles. The van der Waals surface area contributed by atoms with Gasteiger partial charge in [0.15, 0.2) is 5.16 Å². The molecule has 1 aliphatic heterocycles. The van der Waals surface area contributed by atoms with Gasteiger partial charge in [0.25, 0.3) is 10.0 Å². The van der Waals surface area contributed by atoms with Gasteiger partial charge in [0.1, 0.15) is 22.2 Å². The van der Waals surface area contributed by atoms with E-state index >= 15 is 0 Å². The predicted molar refractivity (Wildman–Crippen MR) is 160 cm³/mol. The van der Waals surface area contributed by atoms with Gasteiger partial charge in [-0.15, -0.1) is 0 Å². The van der Waals surface area contributed by atoms with Gasteiger partial charge in [-0.3, -0.25) is 9.10 Å². The fraction of sp³-hybridized carbons (Fsp3) is 0.0645. The molecule has 210 valence electrons. The normalized spacial score (nSPS) is 13.1. The van der Waals surface area contributed by atoms with Crippen molar-refractivity contribution in [1.29, 1.82) is 0 Å².